The Morgan fingerprint density at radius 2 is 2.03 bits per heavy atom. The third kappa shape index (κ3) is 5.14. The van der Waals surface area contributed by atoms with Crippen LogP contribution in [-0.2, 0) is 21.4 Å². The number of unbranched alkanes of at least 4 members (excludes halogenated alkanes) is 1. The molecule has 3 rings (SSSR count). The van der Waals surface area contributed by atoms with Crippen LogP contribution in [0.4, 0.5) is 5.00 Å². The number of carbonyl (C=O) groups is 2. The van der Waals surface area contributed by atoms with E-state index in [0.717, 1.165) is 22.7 Å². The number of rotatable bonds is 10. The van der Waals surface area contributed by atoms with Gasteiger partial charge in [-0.15, -0.1) is 11.3 Å². The highest BCUT2D eigenvalue weighted by molar-refractivity contribution is 7.99. The Hall–Kier alpha value is -2.41. The molecule has 0 atom stereocenters. The summed E-state index contributed by atoms with van der Waals surface area (Å²) in [6.07, 6.45) is 1.89. The Kier molecular flexibility index (Phi) is 7.59. The number of aryl methyl sites for hydroxylation is 1. The van der Waals surface area contributed by atoms with Crippen LogP contribution in [0.3, 0.4) is 0 Å². The highest BCUT2D eigenvalue weighted by atomic mass is 32.2. The normalized spacial score (nSPS) is 11.9. The monoisotopic (exact) mass is 495 g/mol. The number of amides is 2. The first-order valence-corrected chi connectivity index (χ1v) is 13.2. The fraction of sp³-hybridized carbons (Fsp3) is 0.350. The van der Waals surface area contributed by atoms with Crippen molar-refractivity contribution in [2.75, 3.05) is 25.2 Å². The Balaban J connectivity index is 1.85. The van der Waals surface area contributed by atoms with Crippen LogP contribution in [0.15, 0.2) is 39.7 Å². The van der Waals surface area contributed by atoms with Gasteiger partial charge in [0.2, 0.25) is 15.9 Å². The zero-order valence-corrected chi connectivity index (χ0v) is 20.4. The van der Waals surface area contributed by atoms with Gasteiger partial charge in [0.1, 0.15) is 5.00 Å². The molecule has 2 heterocycles. The van der Waals surface area contributed by atoms with E-state index in [0.29, 0.717) is 22.2 Å². The number of nitrogens with zero attached hydrogens (tertiary/aromatic N) is 3. The molecule has 172 valence electrons. The van der Waals surface area contributed by atoms with E-state index in [-0.39, 0.29) is 22.1 Å². The van der Waals surface area contributed by atoms with E-state index in [1.807, 2.05) is 4.57 Å². The minimum Gasteiger partial charge on any atom is -0.366 e. The number of nitrogens with one attached hydrogen (secondary N) is 1. The number of thioether (sulfide) groups is 1. The maximum Gasteiger partial charge on any atom is 0.251 e. The lowest BCUT2D eigenvalue weighted by Crippen LogP contribution is -2.22. The molecule has 0 aliphatic carbocycles. The van der Waals surface area contributed by atoms with Gasteiger partial charge in [0, 0.05) is 20.6 Å². The van der Waals surface area contributed by atoms with Gasteiger partial charge in [0.05, 0.1) is 27.2 Å². The molecule has 2 amide bonds. The van der Waals surface area contributed by atoms with Crippen molar-refractivity contribution in [1.29, 1.82) is 0 Å². The van der Waals surface area contributed by atoms with Crippen molar-refractivity contribution in [3.05, 3.63) is 35.2 Å². The topological polar surface area (TPSA) is 127 Å². The molecular weight excluding hydrogens is 470 g/mol. The molecule has 0 fully saturated rings. The maximum absolute atomic E-state index is 12.5. The van der Waals surface area contributed by atoms with Crippen molar-refractivity contribution >= 4 is 61.0 Å². The van der Waals surface area contributed by atoms with Crippen molar-refractivity contribution in [3.8, 4) is 0 Å². The molecule has 32 heavy (non-hydrogen) atoms. The van der Waals surface area contributed by atoms with Crippen molar-refractivity contribution in [1.82, 2.24) is 13.9 Å². The first kappa shape index (κ1) is 24.2. The molecule has 2 aromatic heterocycles. The van der Waals surface area contributed by atoms with E-state index < -0.39 is 15.9 Å². The lowest BCUT2D eigenvalue weighted by Gasteiger charge is -2.11. The fourth-order valence-electron chi connectivity index (χ4n) is 2.99. The van der Waals surface area contributed by atoms with Gasteiger partial charge in [-0.2, -0.15) is 0 Å². The second-order valence-electron chi connectivity index (χ2n) is 7.20. The molecule has 0 unspecified atom stereocenters. The van der Waals surface area contributed by atoms with Crippen molar-refractivity contribution in [2.45, 2.75) is 36.4 Å². The van der Waals surface area contributed by atoms with E-state index in [1.54, 1.807) is 29.6 Å². The van der Waals surface area contributed by atoms with Gasteiger partial charge in [-0.05, 0) is 36.1 Å². The number of imidazole rings is 1. The van der Waals surface area contributed by atoms with E-state index in [1.165, 1.54) is 37.2 Å². The van der Waals surface area contributed by atoms with Crippen molar-refractivity contribution in [3.63, 3.8) is 0 Å². The number of thiophene rings is 1. The van der Waals surface area contributed by atoms with Gasteiger partial charge >= 0.3 is 0 Å². The molecule has 1 aromatic carbocycles. The van der Waals surface area contributed by atoms with Crippen LogP contribution < -0.4 is 11.1 Å². The number of anilines is 1. The molecule has 0 radical (unpaired) electrons. The van der Waals surface area contributed by atoms with Crippen LogP contribution in [0.25, 0.3) is 11.0 Å². The molecule has 0 bridgehead atoms. The maximum atomic E-state index is 12.5. The molecule has 0 aliphatic heterocycles. The third-order valence-corrected chi connectivity index (χ3v) is 8.33. The number of hydrogen-bond acceptors (Lipinski definition) is 7. The van der Waals surface area contributed by atoms with Crippen molar-refractivity contribution < 1.29 is 18.0 Å². The van der Waals surface area contributed by atoms with E-state index >= 15 is 0 Å². The quantitative estimate of drug-likeness (QED) is 0.416. The Bertz CT molecular complexity index is 1250. The van der Waals surface area contributed by atoms with Crippen LogP contribution in [0, 0.1) is 0 Å². The van der Waals surface area contributed by atoms with Gasteiger partial charge < -0.3 is 15.6 Å². The Labute approximate surface area is 195 Å². The van der Waals surface area contributed by atoms with Crippen LogP contribution in [0.2, 0.25) is 0 Å². The SMILES string of the molecule is CCCCn1c(SCC(=O)Nc2sccc2C(N)=O)nc2cc(S(=O)(=O)N(C)C)ccc21. The van der Waals surface area contributed by atoms with Crippen LogP contribution in [-0.4, -0.2) is 53.9 Å². The number of hydrogen-bond donors (Lipinski definition) is 2. The van der Waals surface area contributed by atoms with Crippen LogP contribution in [0.1, 0.15) is 30.1 Å². The summed E-state index contributed by atoms with van der Waals surface area (Å²) in [4.78, 5) is 28.7. The van der Waals surface area contributed by atoms with Crippen LogP contribution in [0.5, 0.6) is 0 Å². The van der Waals surface area contributed by atoms with Gasteiger partial charge in [0.15, 0.2) is 5.16 Å². The first-order valence-electron chi connectivity index (χ1n) is 9.88. The molecule has 0 saturated carbocycles. The second kappa shape index (κ2) is 10.0. The smallest absolute Gasteiger partial charge is 0.251 e. The molecule has 9 nitrogen and oxygen atoms in total. The zero-order chi connectivity index (χ0) is 23.5. The summed E-state index contributed by atoms with van der Waals surface area (Å²) in [6, 6.07) is 6.45. The number of carbonyl (C=O) groups excluding carboxylic acids is 2. The molecular formula is C20H25N5O4S3. The summed E-state index contributed by atoms with van der Waals surface area (Å²) in [6.45, 7) is 2.78. The second-order valence-corrected chi connectivity index (χ2v) is 11.2. The summed E-state index contributed by atoms with van der Waals surface area (Å²) >= 11 is 2.48. The first-order chi connectivity index (χ1) is 15.1. The third-order valence-electron chi connectivity index (χ3n) is 4.71. The zero-order valence-electron chi connectivity index (χ0n) is 18.0. The van der Waals surface area contributed by atoms with Gasteiger partial charge in [-0.3, -0.25) is 9.59 Å². The van der Waals surface area contributed by atoms with Crippen LogP contribution >= 0.6 is 23.1 Å². The lowest BCUT2D eigenvalue weighted by atomic mass is 10.3. The number of primary amides is 1. The highest BCUT2D eigenvalue weighted by Gasteiger charge is 2.20. The molecule has 0 saturated heterocycles. The van der Waals surface area contributed by atoms with Gasteiger partial charge in [0.25, 0.3) is 5.91 Å². The molecule has 0 spiro atoms. The molecule has 0 aliphatic rings. The summed E-state index contributed by atoms with van der Waals surface area (Å²) < 4.78 is 28.1. The largest absolute Gasteiger partial charge is 0.366 e. The highest BCUT2D eigenvalue weighted by Crippen LogP contribution is 2.28. The fourth-order valence-corrected chi connectivity index (χ4v) is 5.57. The number of sulfonamides is 1. The minimum absolute atomic E-state index is 0.0778. The molecule has 3 N–H and O–H groups in total. The Morgan fingerprint density at radius 3 is 2.69 bits per heavy atom. The van der Waals surface area contributed by atoms with E-state index in [4.69, 9.17) is 5.73 Å². The lowest BCUT2D eigenvalue weighted by molar-refractivity contribution is -0.113. The van der Waals surface area contributed by atoms with Gasteiger partial charge in [-0.25, -0.2) is 17.7 Å². The number of nitrogens with two attached hydrogens (primary N) is 1. The number of benzene rings is 1. The van der Waals surface area contributed by atoms with Gasteiger partial charge in [-0.1, -0.05) is 25.1 Å². The average Bonchev–Trinajstić information content (AvgIpc) is 3.34. The Morgan fingerprint density at radius 1 is 1.28 bits per heavy atom. The predicted octanol–water partition coefficient (Wildman–Crippen LogP) is 2.98. The number of fused-ring (bicyclic) bond motifs is 1. The molecule has 12 heteroatoms. The van der Waals surface area contributed by atoms with E-state index in [9.17, 15) is 18.0 Å². The predicted molar refractivity (Wildman–Crippen MR) is 128 cm³/mol. The van der Waals surface area contributed by atoms with Crippen molar-refractivity contribution in [2.24, 2.45) is 5.73 Å². The summed E-state index contributed by atoms with van der Waals surface area (Å²) in [5.74, 6) is -0.807. The standard InChI is InChI=1S/C20H25N5O4S3/c1-4-5-9-25-16-7-6-13(32(28,29)24(2)3)11-15(16)22-20(25)31-12-17(26)23-19-14(18(21)27)8-10-30-19/h6-8,10-11H,4-5,9,12H2,1-3H3,(H2,21,27)(H,23,26). The summed E-state index contributed by atoms with van der Waals surface area (Å²) in [5, 5.41) is 5.45. The number of aromatic nitrogens is 2. The average molecular weight is 496 g/mol. The van der Waals surface area contributed by atoms with E-state index in [2.05, 4.69) is 17.2 Å². The summed E-state index contributed by atoms with van der Waals surface area (Å²) in [5.41, 5.74) is 6.97. The molecule has 3 aromatic rings. The minimum atomic E-state index is -3.58. The summed E-state index contributed by atoms with van der Waals surface area (Å²) in [7, 11) is -0.613.